The Kier molecular flexibility index (Phi) is 2.40. The molecule has 1 heterocycles. The van der Waals surface area contributed by atoms with Crippen LogP contribution in [0.1, 0.15) is 0 Å². The van der Waals surface area contributed by atoms with Crippen LogP contribution in [0.25, 0.3) is 0 Å². The van der Waals surface area contributed by atoms with E-state index in [1.165, 1.54) is 0 Å². The lowest BCUT2D eigenvalue weighted by atomic mass is 10.5. The third kappa shape index (κ3) is 2.00. The van der Waals surface area contributed by atoms with Gasteiger partial charge in [0, 0.05) is 0 Å². The molecule has 1 aliphatic heterocycles. The molecule has 0 aromatic carbocycles. The summed E-state index contributed by atoms with van der Waals surface area (Å²) in [7, 11) is -4.23. The number of hydrogen-bond donors (Lipinski definition) is 3. The van der Waals surface area contributed by atoms with Crippen molar-refractivity contribution in [2.45, 2.75) is 11.5 Å². The van der Waals surface area contributed by atoms with Crippen LogP contribution in [-0.4, -0.2) is 37.0 Å². The normalized spacial score (nSPS) is 29.4. The van der Waals surface area contributed by atoms with Crippen molar-refractivity contribution in [2.75, 3.05) is 0 Å². The van der Waals surface area contributed by atoms with Crippen LogP contribution < -0.4 is 10.7 Å². The Morgan fingerprint density at radius 2 is 2.25 bits per heavy atom. The van der Waals surface area contributed by atoms with Crippen LogP contribution in [0.3, 0.4) is 0 Å². The van der Waals surface area contributed by atoms with Crippen molar-refractivity contribution in [3.8, 4) is 0 Å². The van der Waals surface area contributed by atoms with Crippen LogP contribution in [-0.2, 0) is 14.9 Å². The first-order valence-corrected chi connectivity index (χ1v) is 4.51. The van der Waals surface area contributed by atoms with Crippen molar-refractivity contribution in [3.63, 3.8) is 0 Å². The van der Waals surface area contributed by atoms with Crippen LogP contribution >= 0.6 is 0 Å². The molecule has 12 heavy (non-hydrogen) atoms. The molecular weight excluding hydrogens is 186 g/mol. The van der Waals surface area contributed by atoms with Crippen molar-refractivity contribution >= 4 is 22.6 Å². The van der Waals surface area contributed by atoms with Crippen LogP contribution in [0.15, 0.2) is 5.10 Å². The standard InChI is InChI=1S/C4H7N3O4S/c8-2-3-6-4(1-5-7-3)12(9,10)11/h1-4,6-7H,(H,9,10,11). The number of hydrazone groups is 1. The molecule has 1 aliphatic rings. The van der Waals surface area contributed by atoms with Gasteiger partial charge in [-0.15, -0.1) is 0 Å². The van der Waals surface area contributed by atoms with E-state index in [9.17, 15) is 13.2 Å². The zero-order valence-electron chi connectivity index (χ0n) is 5.84. The molecule has 1 rings (SSSR count). The fourth-order valence-electron chi connectivity index (χ4n) is 0.681. The molecule has 68 valence electrons. The van der Waals surface area contributed by atoms with E-state index in [1.807, 2.05) is 0 Å². The SMILES string of the molecule is O=CC1NN=CC(S(=O)(=O)O)N1. The van der Waals surface area contributed by atoms with Gasteiger partial charge >= 0.3 is 0 Å². The Labute approximate surface area is 68.6 Å². The predicted octanol–water partition coefficient (Wildman–Crippen LogP) is -2.10. The zero-order valence-corrected chi connectivity index (χ0v) is 6.65. The van der Waals surface area contributed by atoms with E-state index >= 15 is 0 Å². The molecule has 0 spiro atoms. The summed E-state index contributed by atoms with van der Waals surface area (Å²) in [6.07, 6.45) is 0.506. The monoisotopic (exact) mass is 193 g/mol. The van der Waals surface area contributed by atoms with E-state index in [0.29, 0.717) is 6.29 Å². The highest BCUT2D eigenvalue weighted by atomic mass is 32.2. The maximum Gasteiger partial charge on any atom is 0.286 e. The molecule has 0 saturated heterocycles. The summed E-state index contributed by atoms with van der Waals surface area (Å²) in [6, 6.07) is 0. The van der Waals surface area contributed by atoms with Gasteiger partial charge in [-0.3, -0.25) is 20.1 Å². The molecule has 3 N–H and O–H groups in total. The maximum absolute atomic E-state index is 10.5. The number of hydrogen-bond acceptors (Lipinski definition) is 6. The average Bonchev–Trinajstić information content (AvgIpc) is 2.03. The minimum atomic E-state index is -4.23. The van der Waals surface area contributed by atoms with Crippen molar-refractivity contribution in [1.82, 2.24) is 10.7 Å². The number of carbonyl (C=O) groups excluding carboxylic acids is 1. The Morgan fingerprint density at radius 3 is 2.75 bits per heavy atom. The van der Waals surface area contributed by atoms with E-state index in [1.54, 1.807) is 0 Å². The Balaban J connectivity index is 2.77. The molecular formula is C4H7N3O4S. The first-order valence-electron chi connectivity index (χ1n) is 3.00. The van der Waals surface area contributed by atoms with E-state index in [0.717, 1.165) is 6.21 Å². The summed E-state index contributed by atoms with van der Waals surface area (Å²) in [4.78, 5) is 10.2. The van der Waals surface area contributed by atoms with E-state index in [4.69, 9.17) is 4.55 Å². The van der Waals surface area contributed by atoms with Gasteiger partial charge in [0.25, 0.3) is 10.1 Å². The number of nitrogens with zero attached hydrogens (tertiary/aromatic N) is 1. The van der Waals surface area contributed by atoms with Crippen molar-refractivity contribution in [1.29, 1.82) is 0 Å². The second kappa shape index (κ2) is 3.17. The van der Waals surface area contributed by atoms with Gasteiger partial charge in [-0.1, -0.05) is 0 Å². The number of nitrogens with one attached hydrogen (secondary N) is 2. The molecule has 2 unspecified atom stereocenters. The van der Waals surface area contributed by atoms with Gasteiger partial charge in [0.1, 0.15) is 0 Å². The summed E-state index contributed by atoms with van der Waals surface area (Å²) < 4.78 is 29.5. The fourth-order valence-corrected chi connectivity index (χ4v) is 1.21. The highest BCUT2D eigenvalue weighted by Gasteiger charge is 2.26. The molecule has 0 amide bonds. The molecule has 0 aromatic rings. The number of carbonyl (C=O) groups is 1. The van der Waals surface area contributed by atoms with Crippen molar-refractivity contribution < 1.29 is 17.8 Å². The third-order valence-corrected chi connectivity index (χ3v) is 2.12. The first-order chi connectivity index (χ1) is 5.54. The Hall–Kier alpha value is -0.990. The van der Waals surface area contributed by atoms with Gasteiger partial charge in [-0.25, -0.2) is 0 Å². The molecule has 0 bridgehead atoms. The molecule has 2 atom stereocenters. The lowest BCUT2D eigenvalue weighted by molar-refractivity contribution is -0.110. The fraction of sp³-hybridized carbons (Fsp3) is 0.500. The molecule has 8 heteroatoms. The quantitative estimate of drug-likeness (QED) is 0.342. The van der Waals surface area contributed by atoms with Crippen LogP contribution in [0.5, 0.6) is 0 Å². The van der Waals surface area contributed by atoms with E-state index < -0.39 is 21.7 Å². The van der Waals surface area contributed by atoms with Gasteiger partial charge in [0.05, 0.1) is 6.21 Å². The minimum Gasteiger partial charge on any atom is -0.299 e. The largest absolute Gasteiger partial charge is 0.299 e. The molecule has 0 fully saturated rings. The summed E-state index contributed by atoms with van der Waals surface area (Å²) in [5.41, 5.74) is 2.29. The van der Waals surface area contributed by atoms with Gasteiger partial charge < -0.3 is 0 Å². The Morgan fingerprint density at radius 1 is 1.58 bits per heavy atom. The van der Waals surface area contributed by atoms with Gasteiger partial charge in [0.15, 0.2) is 17.8 Å². The zero-order chi connectivity index (χ0) is 9.19. The molecule has 0 aromatic heterocycles. The van der Waals surface area contributed by atoms with Crippen LogP contribution in [0, 0.1) is 0 Å². The maximum atomic E-state index is 10.5. The summed E-state index contributed by atoms with van der Waals surface area (Å²) in [6.45, 7) is 0. The smallest absolute Gasteiger partial charge is 0.286 e. The van der Waals surface area contributed by atoms with Crippen LogP contribution in [0.2, 0.25) is 0 Å². The number of aldehydes is 1. The minimum absolute atomic E-state index is 0.439. The number of rotatable bonds is 2. The summed E-state index contributed by atoms with van der Waals surface area (Å²) in [5, 5.41) is 4.32. The topological polar surface area (TPSA) is 108 Å². The highest BCUT2D eigenvalue weighted by molar-refractivity contribution is 7.87. The lowest BCUT2D eigenvalue weighted by Gasteiger charge is -2.20. The second-order valence-electron chi connectivity index (χ2n) is 2.12. The lowest BCUT2D eigenvalue weighted by Crippen LogP contribution is -2.54. The summed E-state index contributed by atoms with van der Waals surface area (Å²) >= 11 is 0. The Bertz CT molecular complexity index is 297. The highest BCUT2D eigenvalue weighted by Crippen LogP contribution is 1.95. The van der Waals surface area contributed by atoms with E-state index in [2.05, 4.69) is 15.8 Å². The average molecular weight is 193 g/mol. The van der Waals surface area contributed by atoms with Crippen LogP contribution in [0.4, 0.5) is 0 Å². The first kappa shape index (κ1) is 9.10. The van der Waals surface area contributed by atoms with Gasteiger partial charge in [-0.05, 0) is 0 Å². The van der Waals surface area contributed by atoms with Gasteiger partial charge in [0.2, 0.25) is 0 Å². The second-order valence-corrected chi connectivity index (χ2v) is 3.66. The molecule has 0 saturated carbocycles. The van der Waals surface area contributed by atoms with Crippen molar-refractivity contribution in [3.05, 3.63) is 0 Å². The predicted molar refractivity (Wildman–Crippen MR) is 40.0 cm³/mol. The third-order valence-electron chi connectivity index (χ3n) is 1.22. The molecule has 7 nitrogen and oxygen atoms in total. The van der Waals surface area contributed by atoms with Crippen molar-refractivity contribution in [2.24, 2.45) is 5.10 Å². The molecule has 0 aliphatic carbocycles. The molecule has 0 radical (unpaired) electrons. The summed E-state index contributed by atoms with van der Waals surface area (Å²) in [5.74, 6) is 0. The van der Waals surface area contributed by atoms with E-state index in [-0.39, 0.29) is 0 Å². The van der Waals surface area contributed by atoms with Gasteiger partial charge in [-0.2, -0.15) is 13.5 Å².